The Hall–Kier alpha value is -0.320. The fourth-order valence-corrected chi connectivity index (χ4v) is 4.23. The van der Waals surface area contributed by atoms with Crippen LogP contribution in [0.1, 0.15) is 38.8 Å². The highest BCUT2D eigenvalue weighted by molar-refractivity contribution is 7.99. The van der Waals surface area contributed by atoms with Crippen LogP contribution >= 0.6 is 11.8 Å². The van der Waals surface area contributed by atoms with Crippen molar-refractivity contribution in [3.8, 4) is 0 Å². The molecule has 0 saturated carbocycles. The number of thioether (sulfide) groups is 1. The maximum absolute atomic E-state index is 12.0. The highest BCUT2D eigenvalue weighted by Crippen LogP contribution is 2.35. The second-order valence-electron chi connectivity index (χ2n) is 5.84. The fourth-order valence-electron chi connectivity index (χ4n) is 2.19. The molecule has 106 valence electrons. The van der Waals surface area contributed by atoms with Gasteiger partial charge in [-0.15, -0.1) is 11.8 Å². The summed E-state index contributed by atoms with van der Waals surface area (Å²) in [6.45, 7) is 6.94. The third-order valence-electron chi connectivity index (χ3n) is 3.32. The van der Waals surface area contributed by atoms with Crippen LogP contribution in [0.3, 0.4) is 0 Å². The topological polar surface area (TPSA) is 29.1 Å². The summed E-state index contributed by atoms with van der Waals surface area (Å²) in [4.78, 5) is 1.39. The minimum absolute atomic E-state index is 0.109. The molecule has 1 aliphatic heterocycles. The Bertz CT molecular complexity index is 454. The second kappa shape index (κ2) is 6.42. The predicted octanol–water partition coefficient (Wildman–Crippen LogP) is 3.36. The first-order valence-electron chi connectivity index (χ1n) is 6.82. The summed E-state index contributed by atoms with van der Waals surface area (Å²) in [6, 6.07) is 9.03. The van der Waals surface area contributed by atoms with Crippen LogP contribution in [0.5, 0.6) is 0 Å². The van der Waals surface area contributed by atoms with Crippen molar-refractivity contribution in [3.05, 3.63) is 29.8 Å². The Balaban J connectivity index is 1.90. The first kappa shape index (κ1) is 15.1. The van der Waals surface area contributed by atoms with Gasteiger partial charge in [0.05, 0.1) is 0 Å². The maximum Gasteiger partial charge on any atom is 0.0375 e. The van der Waals surface area contributed by atoms with Gasteiger partial charge in [0.15, 0.2) is 0 Å². The summed E-state index contributed by atoms with van der Waals surface area (Å²) >= 11 is 1.94. The van der Waals surface area contributed by atoms with Crippen LogP contribution in [-0.4, -0.2) is 27.0 Å². The standard InChI is InChI=1S/C15H23NOS2/c1-15(2,3)19(17)11-9-16-13-8-10-18-14-7-5-4-6-12(13)14/h4-7,13,16H,8-11H2,1-3H3/t13-,19+/m1/s1. The monoisotopic (exact) mass is 297 g/mol. The van der Waals surface area contributed by atoms with Gasteiger partial charge in [0.2, 0.25) is 0 Å². The van der Waals surface area contributed by atoms with Gasteiger partial charge in [-0.1, -0.05) is 18.2 Å². The molecule has 0 saturated heterocycles. The number of rotatable bonds is 4. The van der Waals surface area contributed by atoms with Crippen LogP contribution in [-0.2, 0) is 10.8 Å². The van der Waals surface area contributed by atoms with Crippen LogP contribution in [0.15, 0.2) is 29.2 Å². The second-order valence-corrected chi connectivity index (χ2v) is 9.30. The molecule has 1 aromatic carbocycles. The summed E-state index contributed by atoms with van der Waals surface area (Å²) in [5.41, 5.74) is 1.40. The molecule has 0 aliphatic carbocycles. The first-order valence-corrected chi connectivity index (χ1v) is 9.12. The number of hydrogen-bond donors (Lipinski definition) is 1. The molecular weight excluding hydrogens is 274 g/mol. The van der Waals surface area contributed by atoms with E-state index in [1.165, 1.54) is 10.5 Å². The molecule has 2 nitrogen and oxygen atoms in total. The zero-order valence-electron chi connectivity index (χ0n) is 11.9. The van der Waals surface area contributed by atoms with Gasteiger partial charge >= 0.3 is 0 Å². The molecule has 1 heterocycles. The molecule has 0 amide bonds. The van der Waals surface area contributed by atoms with Gasteiger partial charge < -0.3 is 5.32 Å². The van der Waals surface area contributed by atoms with Crippen molar-refractivity contribution < 1.29 is 4.21 Å². The van der Waals surface area contributed by atoms with Crippen molar-refractivity contribution in [2.45, 2.75) is 42.9 Å². The van der Waals surface area contributed by atoms with E-state index in [9.17, 15) is 4.21 Å². The van der Waals surface area contributed by atoms with Crippen LogP contribution in [0.2, 0.25) is 0 Å². The SMILES string of the molecule is CC(C)(C)[S@@](=O)CCN[C@@H]1CCSc2ccccc21. The van der Waals surface area contributed by atoms with Gasteiger partial charge in [0, 0.05) is 38.8 Å². The average molecular weight is 297 g/mol. The first-order chi connectivity index (χ1) is 8.98. The van der Waals surface area contributed by atoms with E-state index < -0.39 is 10.8 Å². The number of fused-ring (bicyclic) bond motifs is 1. The van der Waals surface area contributed by atoms with Gasteiger partial charge in [0.1, 0.15) is 0 Å². The third kappa shape index (κ3) is 4.07. The van der Waals surface area contributed by atoms with Crippen molar-refractivity contribution >= 4 is 22.6 Å². The molecule has 0 spiro atoms. The molecule has 0 fully saturated rings. The van der Waals surface area contributed by atoms with E-state index in [0.717, 1.165) is 24.5 Å². The molecule has 0 aromatic heterocycles. The molecule has 1 aromatic rings. The highest BCUT2D eigenvalue weighted by Gasteiger charge is 2.22. The van der Waals surface area contributed by atoms with E-state index in [1.54, 1.807) is 0 Å². The van der Waals surface area contributed by atoms with Gasteiger partial charge in [-0.05, 0) is 44.6 Å². The zero-order chi connectivity index (χ0) is 13.9. The minimum Gasteiger partial charge on any atom is -0.309 e. The lowest BCUT2D eigenvalue weighted by molar-refractivity contribution is 0.526. The van der Waals surface area contributed by atoms with Gasteiger partial charge in [-0.3, -0.25) is 4.21 Å². The number of nitrogens with one attached hydrogen (secondary N) is 1. The Morgan fingerprint density at radius 2 is 2.11 bits per heavy atom. The van der Waals surface area contributed by atoms with Gasteiger partial charge in [-0.2, -0.15) is 0 Å². The number of benzene rings is 1. The van der Waals surface area contributed by atoms with Crippen LogP contribution in [0, 0.1) is 0 Å². The van der Waals surface area contributed by atoms with E-state index >= 15 is 0 Å². The lowest BCUT2D eigenvalue weighted by Crippen LogP contribution is -2.32. The third-order valence-corrected chi connectivity index (χ3v) is 6.38. The maximum atomic E-state index is 12.0. The van der Waals surface area contributed by atoms with E-state index in [-0.39, 0.29) is 4.75 Å². The summed E-state index contributed by atoms with van der Waals surface area (Å²) in [6.07, 6.45) is 1.16. The molecular formula is C15H23NOS2. The summed E-state index contributed by atoms with van der Waals surface area (Å²) in [5, 5.41) is 3.57. The molecule has 0 bridgehead atoms. The largest absolute Gasteiger partial charge is 0.309 e. The van der Waals surface area contributed by atoms with Gasteiger partial charge in [-0.25, -0.2) is 0 Å². The normalized spacial score (nSPS) is 20.9. The molecule has 2 rings (SSSR count). The molecule has 2 atom stereocenters. The zero-order valence-corrected chi connectivity index (χ0v) is 13.6. The van der Waals surface area contributed by atoms with Crippen LogP contribution in [0.4, 0.5) is 0 Å². The Labute approximate surface area is 123 Å². The molecule has 0 unspecified atom stereocenters. The Kier molecular flexibility index (Phi) is 5.09. The molecule has 4 heteroatoms. The lowest BCUT2D eigenvalue weighted by Gasteiger charge is -2.26. The van der Waals surface area contributed by atoms with Gasteiger partial charge in [0.25, 0.3) is 0 Å². The van der Waals surface area contributed by atoms with E-state index in [4.69, 9.17) is 0 Å². The van der Waals surface area contributed by atoms with Crippen molar-refractivity contribution in [3.63, 3.8) is 0 Å². The predicted molar refractivity (Wildman–Crippen MR) is 85.3 cm³/mol. The molecule has 1 N–H and O–H groups in total. The van der Waals surface area contributed by atoms with E-state index in [2.05, 4.69) is 29.6 Å². The van der Waals surface area contributed by atoms with Crippen molar-refractivity contribution in [2.24, 2.45) is 0 Å². The summed E-state index contributed by atoms with van der Waals surface area (Å²) in [7, 11) is -0.767. The Morgan fingerprint density at radius 1 is 1.37 bits per heavy atom. The van der Waals surface area contributed by atoms with Crippen LogP contribution in [0.25, 0.3) is 0 Å². The quantitative estimate of drug-likeness (QED) is 0.924. The van der Waals surface area contributed by atoms with Crippen molar-refractivity contribution in [2.75, 3.05) is 18.1 Å². The Morgan fingerprint density at radius 3 is 2.84 bits per heavy atom. The highest BCUT2D eigenvalue weighted by atomic mass is 32.2. The molecule has 0 radical (unpaired) electrons. The average Bonchev–Trinajstić information content (AvgIpc) is 2.38. The lowest BCUT2D eigenvalue weighted by atomic mass is 10.0. The molecule has 1 aliphatic rings. The molecule has 19 heavy (non-hydrogen) atoms. The number of hydrogen-bond acceptors (Lipinski definition) is 3. The van der Waals surface area contributed by atoms with E-state index in [0.29, 0.717) is 6.04 Å². The smallest absolute Gasteiger partial charge is 0.0375 e. The van der Waals surface area contributed by atoms with Crippen LogP contribution < -0.4 is 5.32 Å². The van der Waals surface area contributed by atoms with Crippen molar-refractivity contribution in [1.29, 1.82) is 0 Å². The summed E-state index contributed by atoms with van der Waals surface area (Å²) < 4.78 is 11.9. The fraction of sp³-hybridized carbons (Fsp3) is 0.600. The minimum atomic E-state index is -0.767. The van der Waals surface area contributed by atoms with E-state index in [1.807, 2.05) is 32.5 Å². The van der Waals surface area contributed by atoms with Crippen molar-refractivity contribution in [1.82, 2.24) is 5.32 Å². The summed E-state index contributed by atoms with van der Waals surface area (Å²) in [5.74, 6) is 1.90.